The van der Waals surface area contributed by atoms with E-state index < -0.39 is 11.8 Å². The van der Waals surface area contributed by atoms with E-state index in [1.165, 1.54) is 6.07 Å². The first kappa shape index (κ1) is 13.8. The smallest absolute Gasteiger partial charge is 0.343 e. The van der Waals surface area contributed by atoms with Gasteiger partial charge in [-0.1, -0.05) is 5.92 Å². The molecule has 0 aliphatic carbocycles. The fraction of sp³-hybridized carbons (Fsp3) is 0.308. The topological polar surface area (TPSA) is 61.5 Å². The number of esters is 1. The van der Waals surface area contributed by atoms with E-state index in [-0.39, 0.29) is 29.7 Å². The Morgan fingerprint density at radius 2 is 2.22 bits per heavy atom. The summed E-state index contributed by atoms with van der Waals surface area (Å²) in [6.45, 7) is 3.30. The molecule has 5 heteroatoms. The number of ether oxygens (including phenoxy) is 2. The van der Waals surface area contributed by atoms with Crippen molar-refractivity contribution in [1.82, 2.24) is 0 Å². The molecule has 0 aliphatic heterocycles. The number of carbonyl (C=O) groups is 1. The highest BCUT2D eigenvalue weighted by atomic mass is 19.1. The minimum atomic E-state index is -0.828. The summed E-state index contributed by atoms with van der Waals surface area (Å²) >= 11 is 0. The molecule has 1 aromatic carbocycles. The number of anilines is 1. The third-order valence-electron chi connectivity index (χ3n) is 2.01. The summed E-state index contributed by atoms with van der Waals surface area (Å²) in [6.07, 6.45) is 4.67. The van der Waals surface area contributed by atoms with Crippen LogP contribution in [0.25, 0.3) is 0 Å². The summed E-state index contributed by atoms with van der Waals surface area (Å²) in [4.78, 5) is 11.7. The number of halogens is 1. The second-order valence-corrected chi connectivity index (χ2v) is 3.78. The Morgan fingerprint density at radius 1 is 1.56 bits per heavy atom. The van der Waals surface area contributed by atoms with Crippen LogP contribution in [0.2, 0.25) is 0 Å². The summed E-state index contributed by atoms with van der Waals surface area (Å²) < 4.78 is 23.6. The van der Waals surface area contributed by atoms with E-state index in [2.05, 4.69) is 5.92 Å². The van der Waals surface area contributed by atoms with Gasteiger partial charge in [-0.05, 0) is 26.0 Å². The summed E-state index contributed by atoms with van der Waals surface area (Å²) in [6, 6.07) is 2.40. The van der Waals surface area contributed by atoms with Gasteiger partial charge in [0.05, 0.1) is 11.8 Å². The van der Waals surface area contributed by atoms with E-state index in [0.29, 0.717) is 0 Å². The standard InChI is InChI=1S/C13H14FNO3/c1-4-7-17-10-6-5-9(14)11(12(10)15)13(16)18-8(2)3/h1,5-6,8H,7,15H2,2-3H3. The van der Waals surface area contributed by atoms with Crippen LogP contribution in [-0.2, 0) is 4.74 Å². The Hall–Kier alpha value is -2.22. The molecular weight excluding hydrogens is 237 g/mol. The molecule has 0 saturated carbocycles. The molecule has 0 aliphatic rings. The van der Waals surface area contributed by atoms with Gasteiger partial charge in [0.25, 0.3) is 0 Å². The molecule has 0 spiro atoms. The molecule has 1 aromatic rings. The lowest BCUT2D eigenvalue weighted by atomic mass is 10.1. The van der Waals surface area contributed by atoms with Gasteiger partial charge in [0.1, 0.15) is 23.7 Å². The Morgan fingerprint density at radius 3 is 2.78 bits per heavy atom. The number of hydrogen-bond acceptors (Lipinski definition) is 4. The van der Waals surface area contributed by atoms with Gasteiger partial charge in [-0.3, -0.25) is 0 Å². The number of nitrogens with two attached hydrogens (primary N) is 1. The van der Waals surface area contributed by atoms with Crippen LogP contribution in [0.15, 0.2) is 12.1 Å². The molecule has 0 unspecified atom stereocenters. The number of hydrogen-bond donors (Lipinski definition) is 1. The molecule has 1 rings (SSSR count). The van der Waals surface area contributed by atoms with Crippen molar-refractivity contribution in [1.29, 1.82) is 0 Å². The van der Waals surface area contributed by atoms with Crippen molar-refractivity contribution in [2.75, 3.05) is 12.3 Å². The van der Waals surface area contributed by atoms with Gasteiger partial charge in [-0.2, -0.15) is 0 Å². The quantitative estimate of drug-likeness (QED) is 0.505. The van der Waals surface area contributed by atoms with Crippen molar-refractivity contribution in [3.63, 3.8) is 0 Å². The molecule has 0 fully saturated rings. The lowest BCUT2D eigenvalue weighted by Gasteiger charge is -2.13. The number of terminal acetylenes is 1. The zero-order valence-corrected chi connectivity index (χ0v) is 10.2. The van der Waals surface area contributed by atoms with Crippen molar-refractivity contribution in [3.8, 4) is 18.1 Å². The predicted molar refractivity (Wildman–Crippen MR) is 65.7 cm³/mol. The van der Waals surface area contributed by atoms with Gasteiger partial charge >= 0.3 is 5.97 Å². The van der Waals surface area contributed by atoms with Crippen molar-refractivity contribution in [3.05, 3.63) is 23.5 Å². The molecule has 0 bridgehead atoms. The van der Waals surface area contributed by atoms with Crippen LogP contribution in [0.1, 0.15) is 24.2 Å². The maximum Gasteiger partial charge on any atom is 0.343 e. The zero-order chi connectivity index (χ0) is 13.7. The first-order chi connectivity index (χ1) is 8.47. The number of benzene rings is 1. The summed E-state index contributed by atoms with van der Waals surface area (Å²) in [5, 5.41) is 0. The Labute approximate surface area is 105 Å². The second kappa shape index (κ2) is 5.92. The monoisotopic (exact) mass is 251 g/mol. The van der Waals surface area contributed by atoms with Crippen LogP contribution in [0.5, 0.6) is 5.75 Å². The van der Waals surface area contributed by atoms with Gasteiger partial charge in [0, 0.05) is 0 Å². The third kappa shape index (κ3) is 3.14. The van der Waals surface area contributed by atoms with Crippen molar-refractivity contribution >= 4 is 11.7 Å². The van der Waals surface area contributed by atoms with E-state index in [0.717, 1.165) is 6.07 Å². The van der Waals surface area contributed by atoms with E-state index in [1.807, 2.05) is 0 Å². The molecule has 96 valence electrons. The maximum atomic E-state index is 13.6. The summed E-state index contributed by atoms with van der Waals surface area (Å²) in [5.41, 5.74) is 5.22. The molecular formula is C13H14FNO3. The maximum absolute atomic E-state index is 13.6. The van der Waals surface area contributed by atoms with Crippen molar-refractivity contribution in [2.45, 2.75) is 20.0 Å². The highest BCUT2D eigenvalue weighted by molar-refractivity contribution is 5.97. The van der Waals surface area contributed by atoms with Crippen LogP contribution in [0.4, 0.5) is 10.1 Å². The average molecular weight is 251 g/mol. The second-order valence-electron chi connectivity index (χ2n) is 3.78. The third-order valence-corrected chi connectivity index (χ3v) is 2.01. The van der Waals surface area contributed by atoms with Gasteiger partial charge < -0.3 is 15.2 Å². The number of nitrogen functional groups attached to an aromatic ring is 1. The van der Waals surface area contributed by atoms with Crippen LogP contribution >= 0.6 is 0 Å². The SMILES string of the molecule is C#CCOc1ccc(F)c(C(=O)OC(C)C)c1N. The minimum Gasteiger partial charge on any atom is -0.479 e. The molecule has 0 atom stereocenters. The van der Waals surface area contributed by atoms with E-state index >= 15 is 0 Å². The van der Waals surface area contributed by atoms with E-state index in [4.69, 9.17) is 21.6 Å². The molecule has 0 heterocycles. The summed E-state index contributed by atoms with van der Waals surface area (Å²) in [7, 11) is 0. The van der Waals surface area contributed by atoms with Crippen LogP contribution in [-0.4, -0.2) is 18.7 Å². The van der Waals surface area contributed by atoms with Crippen LogP contribution in [0.3, 0.4) is 0 Å². The Kier molecular flexibility index (Phi) is 4.55. The Bertz CT molecular complexity index is 492. The predicted octanol–water partition coefficient (Wildman–Crippen LogP) is 1.99. The molecule has 2 N–H and O–H groups in total. The van der Waals surface area contributed by atoms with E-state index in [1.54, 1.807) is 13.8 Å². The molecule has 4 nitrogen and oxygen atoms in total. The van der Waals surface area contributed by atoms with Gasteiger partial charge in [0.15, 0.2) is 0 Å². The van der Waals surface area contributed by atoms with Crippen molar-refractivity contribution in [2.24, 2.45) is 0 Å². The average Bonchev–Trinajstić information content (AvgIpc) is 2.27. The zero-order valence-electron chi connectivity index (χ0n) is 10.2. The fourth-order valence-electron chi connectivity index (χ4n) is 1.30. The first-order valence-corrected chi connectivity index (χ1v) is 5.32. The fourth-order valence-corrected chi connectivity index (χ4v) is 1.30. The van der Waals surface area contributed by atoms with Crippen LogP contribution < -0.4 is 10.5 Å². The van der Waals surface area contributed by atoms with Gasteiger partial charge in [0.2, 0.25) is 0 Å². The molecule has 18 heavy (non-hydrogen) atoms. The van der Waals surface area contributed by atoms with Gasteiger partial charge in [-0.15, -0.1) is 6.42 Å². The summed E-state index contributed by atoms with van der Waals surface area (Å²) in [5.74, 6) is 0.823. The molecule has 0 saturated heterocycles. The molecule has 0 aromatic heterocycles. The van der Waals surface area contributed by atoms with E-state index in [9.17, 15) is 9.18 Å². The highest BCUT2D eigenvalue weighted by Crippen LogP contribution is 2.28. The van der Waals surface area contributed by atoms with Gasteiger partial charge in [-0.25, -0.2) is 9.18 Å². The molecule has 0 amide bonds. The normalized spacial score (nSPS) is 9.94. The Balaban J connectivity index is 3.10. The van der Waals surface area contributed by atoms with Crippen molar-refractivity contribution < 1.29 is 18.7 Å². The van der Waals surface area contributed by atoms with Crippen LogP contribution in [0, 0.1) is 18.2 Å². The minimum absolute atomic E-state index is 0.0193. The first-order valence-electron chi connectivity index (χ1n) is 5.32. The lowest BCUT2D eigenvalue weighted by Crippen LogP contribution is -2.16. The highest BCUT2D eigenvalue weighted by Gasteiger charge is 2.21. The lowest BCUT2D eigenvalue weighted by molar-refractivity contribution is 0.0373. The molecule has 0 radical (unpaired) electrons. The number of carbonyl (C=O) groups excluding carboxylic acids is 1. The number of rotatable bonds is 4. The largest absolute Gasteiger partial charge is 0.479 e.